The molecule has 0 fully saturated rings. The number of aryl methyl sites for hydroxylation is 1. The van der Waals surface area contributed by atoms with Gasteiger partial charge in [0.15, 0.2) is 0 Å². The number of hydrogen-bond acceptors (Lipinski definition) is 4. The summed E-state index contributed by atoms with van der Waals surface area (Å²) in [6.45, 7) is 1.49. The van der Waals surface area contributed by atoms with Crippen LogP contribution in [0, 0.1) is 10.5 Å². The van der Waals surface area contributed by atoms with Crippen molar-refractivity contribution in [2.75, 3.05) is 26.0 Å². The Morgan fingerprint density at radius 2 is 1.84 bits per heavy atom. The lowest BCUT2D eigenvalue weighted by atomic mass is 10.2. The molecule has 1 amide bonds. The van der Waals surface area contributed by atoms with Gasteiger partial charge >= 0.3 is 0 Å². The summed E-state index contributed by atoms with van der Waals surface area (Å²) >= 11 is 2.16. The van der Waals surface area contributed by atoms with Crippen molar-refractivity contribution in [3.05, 3.63) is 51.6 Å². The predicted octanol–water partition coefficient (Wildman–Crippen LogP) is 2.87. The fourth-order valence-corrected chi connectivity index (χ4v) is 3.90. The van der Waals surface area contributed by atoms with Crippen LogP contribution in [0.1, 0.15) is 5.56 Å². The highest BCUT2D eigenvalue weighted by molar-refractivity contribution is 14.1. The first kappa shape index (κ1) is 19.7. The van der Waals surface area contributed by atoms with Crippen molar-refractivity contribution < 1.29 is 17.9 Å². The highest BCUT2D eigenvalue weighted by Crippen LogP contribution is 2.27. The molecular weight excluding hydrogens is 455 g/mol. The van der Waals surface area contributed by atoms with Gasteiger partial charge in [-0.1, -0.05) is 6.07 Å². The van der Waals surface area contributed by atoms with Crippen LogP contribution in [0.25, 0.3) is 0 Å². The fraction of sp³-hybridized carbons (Fsp3) is 0.235. The Labute approximate surface area is 161 Å². The maximum atomic E-state index is 12.8. The molecule has 2 aromatic carbocycles. The van der Waals surface area contributed by atoms with Crippen LogP contribution in [0.4, 0.5) is 5.69 Å². The average Bonchev–Trinajstić information content (AvgIpc) is 2.56. The Bertz CT molecular complexity index is 867. The molecule has 1 N–H and O–H groups in total. The third-order valence-electron chi connectivity index (χ3n) is 3.50. The Hall–Kier alpha value is -1.65. The lowest BCUT2D eigenvalue weighted by Crippen LogP contribution is -2.35. The van der Waals surface area contributed by atoms with E-state index in [0.29, 0.717) is 5.69 Å². The van der Waals surface area contributed by atoms with Gasteiger partial charge in [0.2, 0.25) is 15.9 Å². The van der Waals surface area contributed by atoms with Crippen LogP contribution in [-0.2, 0) is 14.8 Å². The normalized spacial score (nSPS) is 11.4. The summed E-state index contributed by atoms with van der Waals surface area (Å²) in [6.07, 6.45) is 0. The quantitative estimate of drug-likeness (QED) is 0.654. The standard InChI is InChI=1S/C17H19IN2O4S/c1-12-4-9-15(24-3)16(10-12)25(22,23)20(2)11-17(21)19-14-7-5-13(18)6-8-14/h4-10H,11H2,1-3H3,(H,19,21). The Balaban J connectivity index is 2.16. The number of hydrogen-bond donors (Lipinski definition) is 1. The zero-order chi connectivity index (χ0) is 18.6. The van der Waals surface area contributed by atoms with Crippen LogP contribution in [-0.4, -0.2) is 39.3 Å². The van der Waals surface area contributed by atoms with Gasteiger partial charge in [-0.2, -0.15) is 4.31 Å². The third kappa shape index (κ3) is 4.93. The van der Waals surface area contributed by atoms with E-state index in [2.05, 4.69) is 27.9 Å². The lowest BCUT2D eigenvalue weighted by Gasteiger charge is -2.19. The van der Waals surface area contributed by atoms with Crippen molar-refractivity contribution in [1.29, 1.82) is 0 Å². The number of amides is 1. The minimum atomic E-state index is -3.85. The number of carbonyl (C=O) groups excluding carboxylic acids is 1. The maximum Gasteiger partial charge on any atom is 0.246 e. The largest absolute Gasteiger partial charge is 0.495 e. The van der Waals surface area contributed by atoms with Crippen LogP contribution in [0.5, 0.6) is 5.75 Å². The van der Waals surface area contributed by atoms with Crippen molar-refractivity contribution in [3.8, 4) is 5.75 Å². The third-order valence-corrected chi connectivity index (χ3v) is 6.05. The first-order valence-corrected chi connectivity index (χ1v) is 9.92. The Kier molecular flexibility index (Phi) is 6.42. The second-order valence-corrected chi connectivity index (χ2v) is 8.73. The molecule has 134 valence electrons. The zero-order valence-corrected chi connectivity index (χ0v) is 17.1. The molecular formula is C17H19IN2O4S. The van der Waals surface area contributed by atoms with E-state index in [9.17, 15) is 13.2 Å². The highest BCUT2D eigenvalue weighted by Gasteiger charge is 2.26. The van der Waals surface area contributed by atoms with Gasteiger partial charge < -0.3 is 10.1 Å². The number of halogens is 1. The minimum Gasteiger partial charge on any atom is -0.495 e. The van der Waals surface area contributed by atoms with Gasteiger partial charge in [-0.25, -0.2) is 8.42 Å². The van der Waals surface area contributed by atoms with Crippen LogP contribution >= 0.6 is 22.6 Å². The number of nitrogens with zero attached hydrogens (tertiary/aromatic N) is 1. The van der Waals surface area contributed by atoms with Crippen molar-refractivity contribution in [2.45, 2.75) is 11.8 Å². The van der Waals surface area contributed by atoms with Gasteiger partial charge in [0.05, 0.1) is 13.7 Å². The molecule has 2 aromatic rings. The van der Waals surface area contributed by atoms with E-state index in [1.807, 2.05) is 12.1 Å². The lowest BCUT2D eigenvalue weighted by molar-refractivity contribution is -0.116. The summed E-state index contributed by atoms with van der Waals surface area (Å²) in [6, 6.07) is 12.1. The minimum absolute atomic E-state index is 0.0413. The Morgan fingerprint density at radius 3 is 2.44 bits per heavy atom. The monoisotopic (exact) mass is 474 g/mol. The van der Waals surface area contributed by atoms with Gasteiger partial charge in [0.1, 0.15) is 10.6 Å². The molecule has 6 nitrogen and oxygen atoms in total. The molecule has 0 aromatic heterocycles. The van der Waals surface area contributed by atoms with Crippen LogP contribution in [0.15, 0.2) is 47.4 Å². The molecule has 25 heavy (non-hydrogen) atoms. The molecule has 0 bridgehead atoms. The molecule has 8 heteroatoms. The van der Waals surface area contributed by atoms with Gasteiger partial charge in [-0.15, -0.1) is 0 Å². The smallest absolute Gasteiger partial charge is 0.246 e. The van der Waals surface area contributed by atoms with Crippen molar-refractivity contribution in [2.24, 2.45) is 0 Å². The summed E-state index contributed by atoms with van der Waals surface area (Å²) in [7, 11) is -1.08. The number of rotatable bonds is 6. The second kappa shape index (κ2) is 8.15. The first-order valence-electron chi connectivity index (χ1n) is 7.40. The zero-order valence-electron chi connectivity index (χ0n) is 14.1. The second-order valence-electron chi connectivity index (χ2n) is 5.47. The molecule has 0 unspecified atom stereocenters. The Morgan fingerprint density at radius 1 is 1.20 bits per heavy atom. The molecule has 2 rings (SSSR count). The van der Waals surface area contributed by atoms with E-state index in [1.54, 1.807) is 31.2 Å². The van der Waals surface area contributed by atoms with Gasteiger partial charge in [-0.05, 0) is 71.5 Å². The number of nitrogens with one attached hydrogen (secondary N) is 1. The van der Waals surface area contributed by atoms with Crippen LogP contribution in [0.3, 0.4) is 0 Å². The van der Waals surface area contributed by atoms with Gasteiger partial charge in [-0.3, -0.25) is 4.79 Å². The van der Waals surface area contributed by atoms with Crippen molar-refractivity contribution in [1.82, 2.24) is 4.31 Å². The van der Waals surface area contributed by atoms with Gasteiger partial charge in [0, 0.05) is 16.3 Å². The molecule has 0 saturated carbocycles. The summed E-state index contributed by atoms with van der Waals surface area (Å²) in [5, 5.41) is 2.68. The van der Waals surface area contributed by atoms with E-state index in [0.717, 1.165) is 13.4 Å². The number of likely N-dealkylation sites (N-methyl/N-ethyl adjacent to an activating group) is 1. The first-order chi connectivity index (χ1) is 11.7. The van der Waals surface area contributed by atoms with Crippen LogP contribution < -0.4 is 10.1 Å². The van der Waals surface area contributed by atoms with E-state index in [1.165, 1.54) is 20.2 Å². The fourth-order valence-electron chi connectivity index (χ4n) is 2.17. The molecule has 0 atom stereocenters. The molecule has 0 aliphatic carbocycles. The highest BCUT2D eigenvalue weighted by atomic mass is 127. The topological polar surface area (TPSA) is 75.7 Å². The summed E-state index contributed by atoms with van der Waals surface area (Å²) in [5.41, 5.74) is 1.40. The van der Waals surface area contributed by atoms with E-state index in [-0.39, 0.29) is 17.2 Å². The van der Waals surface area contributed by atoms with E-state index < -0.39 is 15.9 Å². The van der Waals surface area contributed by atoms with E-state index >= 15 is 0 Å². The molecule has 0 aliphatic heterocycles. The van der Waals surface area contributed by atoms with Gasteiger partial charge in [0.25, 0.3) is 0 Å². The number of benzene rings is 2. The molecule has 0 aliphatic rings. The summed E-state index contributed by atoms with van der Waals surface area (Å²) in [4.78, 5) is 12.2. The number of anilines is 1. The molecule has 0 saturated heterocycles. The van der Waals surface area contributed by atoms with Crippen molar-refractivity contribution in [3.63, 3.8) is 0 Å². The number of sulfonamides is 1. The number of methoxy groups -OCH3 is 1. The van der Waals surface area contributed by atoms with E-state index in [4.69, 9.17) is 4.74 Å². The van der Waals surface area contributed by atoms with Crippen molar-refractivity contribution >= 4 is 44.2 Å². The summed E-state index contributed by atoms with van der Waals surface area (Å²) < 4.78 is 32.7. The predicted molar refractivity (Wildman–Crippen MR) is 105 cm³/mol. The maximum absolute atomic E-state index is 12.8. The molecule has 0 radical (unpaired) electrons. The number of ether oxygens (including phenoxy) is 1. The average molecular weight is 474 g/mol. The summed E-state index contributed by atoms with van der Waals surface area (Å²) in [5.74, 6) is -0.172. The number of carbonyl (C=O) groups is 1. The SMILES string of the molecule is COc1ccc(C)cc1S(=O)(=O)N(C)CC(=O)Nc1ccc(I)cc1. The van der Waals surface area contributed by atoms with Crippen LogP contribution in [0.2, 0.25) is 0 Å². The molecule has 0 heterocycles. The molecule has 0 spiro atoms.